The first-order chi connectivity index (χ1) is 12.2. The van der Waals surface area contributed by atoms with Crippen LogP contribution in [0.2, 0.25) is 0 Å². The summed E-state index contributed by atoms with van der Waals surface area (Å²) in [4.78, 5) is 33.8. The predicted molar refractivity (Wildman–Crippen MR) is 94.9 cm³/mol. The summed E-state index contributed by atoms with van der Waals surface area (Å²) in [7, 11) is 0. The van der Waals surface area contributed by atoms with Crippen molar-refractivity contribution in [3.8, 4) is 10.7 Å². The first kappa shape index (κ1) is 15.6. The van der Waals surface area contributed by atoms with Crippen molar-refractivity contribution in [1.29, 1.82) is 0 Å². The molecule has 3 aromatic rings. The molecule has 2 aromatic heterocycles. The monoisotopic (exact) mass is 354 g/mol. The fraction of sp³-hybridized carbons (Fsp3) is 0.118. The summed E-state index contributed by atoms with van der Waals surface area (Å²) in [5.41, 5.74) is 2.51. The average Bonchev–Trinajstić information content (AvgIpc) is 3.31. The van der Waals surface area contributed by atoms with Gasteiger partial charge in [0.15, 0.2) is 0 Å². The second kappa shape index (κ2) is 6.15. The Hall–Kier alpha value is -2.97. The van der Waals surface area contributed by atoms with Crippen LogP contribution < -0.4 is 5.32 Å². The van der Waals surface area contributed by atoms with E-state index in [-0.39, 0.29) is 18.8 Å². The molecule has 7 nitrogen and oxygen atoms in total. The van der Waals surface area contributed by atoms with Crippen LogP contribution in [0.4, 0.5) is 5.69 Å². The van der Waals surface area contributed by atoms with Gasteiger partial charge < -0.3 is 15.4 Å². The van der Waals surface area contributed by atoms with Crippen LogP contribution in [-0.2, 0) is 9.59 Å². The number of amides is 2. The van der Waals surface area contributed by atoms with E-state index in [1.807, 2.05) is 29.6 Å². The number of benzene rings is 1. The molecule has 126 valence electrons. The molecule has 0 unspecified atom stereocenters. The number of carbonyl (C=O) groups is 2. The number of fused-ring (bicyclic) bond motifs is 1. The smallest absolute Gasteiger partial charge is 0.277 e. The number of thiophene rings is 1. The van der Waals surface area contributed by atoms with E-state index in [0.717, 1.165) is 26.6 Å². The summed E-state index contributed by atoms with van der Waals surface area (Å²) in [5.74, 6) is -0.0743. The largest absolute Gasteiger partial charge is 0.395 e. The van der Waals surface area contributed by atoms with Gasteiger partial charge in [0, 0.05) is 11.8 Å². The normalized spacial score (nSPS) is 14.4. The SMILES string of the molecule is O=C1C=C(Nc2ccc3nc(-c4cccs4)[nH]c3c2)C(=O)N1CCO. The van der Waals surface area contributed by atoms with Crippen LogP contribution in [0.15, 0.2) is 47.5 Å². The minimum absolute atomic E-state index is 0.0108. The molecule has 0 bridgehead atoms. The Morgan fingerprint density at radius 1 is 1.28 bits per heavy atom. The van der Waals surface area contributed by atoms with E-state index in [2.05, 4.69) is 15.3 Å². The standard InChI is InChI=1S/C17H14N4O3S/c22-6-5-21-15(23)9-13(17(21)24)18-10-3-4-11-12(8-10)20-16(19-11)14-2-1-7-25-14/h1-4,7-9,18,22H,5-6H2,(H,19,20). The average molecular weight is 354 g/mol. The maximum absolute atomic E-state index is 12.2. The molecule has 1 aliphatic rings. The van der Waals surface area contributed by atoms with Crippen LogP contribution in [0.3, 0.4) is 0 Å². The second-order valence-corrected chi connectivity index (χ2v) is 6.44. The third-order valence-electron chi connectivity index (χ3n) is 3.85. The van der Waals surface area contributed by atoms with Crippen molar-refractivity contribution in [3.63, 3.8) is 0 Å². The van der Waals surface area contributed by atoms with Crippen LogP contribution in [0.5, 0.6) is 0 Å². The molecule has 8 heteroatoms. The Labute approximate surface area is 146 Å². The highest BCUT2D eigenvalue weighted by molar-refractivity contribution is 7.13. The number of hydrogen-bond donors (Lipinski definition) is 3. The molecule has 3 heterocycles. The first-order valence-corrected chi connectivity index (χ1v) is 8.53. The molecule has 4 rings (SSSR count). The van der Waals surface area contributed by atoms with Crippen molar-refractivity contribution in [2.24, 2.45) is 0 Å². The second-order valence-electron chi connectivity index (χ2n) is 5.50. The number of nitrogens with zero attached hydrogens (tertiary/aromatic N) is 2. The van der Waals surface area contributed by atoms with Gasteiger partial charge in [-0.05, 0) is 29.6 Å². The third kappa shape index (κ3) is 2.81. The minimum atomic E-state index is -0.442. The number of rotatable bonds is 5. The zero-order chi connectivity index (χ0) is 17.4. The van der Waals surface area contributed by atoms with Gasteiger partial charge in [0.1, 0.15) is 11.5 Å². The van der Waals surface area contributed by atoms with Crippen LogP contribution in [-0.4, -0.2) is 44.9 Å². The maximum atomic E-state index is 12.2. The molecule has 0 aliphatic carbocycles. The number of aliphatic hydroxyl groups is 1. The molecule has 1 aliphatic heterocycles. The maximum Gasteiger partial charge on any atom is 0.277 e. The fourth-order valence-electron chi connectivity index (χ4n) is 2.68. The lowest BCUT2D eigenvalue weighted by molar-refractivity contribution is -0.137. The molecule has 0 radical (unpaired) electrons. The van der Waals surface area contributed by atoms with E-state index >= 15 is 0 Å². The van der Waals surface area contributed by atoms with Gasteiger partial charge in [-0.2, -0.15) is 0 Å². The Kier molecular flexibility index (Phi) is 3.83. The van der Waals surface area contributed by atoms with Gasteiger partial charge in [-0.15, -0.1) is 11.3 Å². The Bertz CT molecular complexity index is 991. The van der Waals surface area contributed by atoms with Gasteiger partial charge in [-0.1, -0.05) is 6.07 Å². The molecule has 1 aromatic carbocycles. The summed E-state index contributed by atoms with van der Waals surface area (Å²) in [5, 5.41) is 13.9. The number of aromatic nitrogens is 2. The van der Waals surface area contributed by atoms with E-state index < -0.39 is 11.8 Å². The van der Waals surface area contributed by atoms with E-state index in [1.54, 1.807) is 17.4 Å². The summed E-state index contributed by atoms with van der Waals surface area (Å²) < 4.78 is 0. The number of imide groups is 1. The molecule has 25 heavy (non-hydrogen) atoms. The zero-order valence-electron chi connectivity index (χ0n) is 13.0. The molecular formula is C17H14N4O3S. The van der Waals surface area contributed by atoms with Crippen molar-refractivity contribution in [3.05, 3.63) is 47.5 Å². The van der Waals surface area contributed by atoms with Gasteiger partial charge in [0.25, 0.3) is 11.8 Å². The molecule has 0 saturated heterocycles. The summed E-state index contributed by atoms with van der Waals surface area (Å²) >= 11 is 1.60. The number of hydrogen-bond acceptors (Lipinski definition) is 6. The van der Waals surface area contributed by atoms with E-state index in [4.69, 9.17) is 5.11 Å². The highest BCUT2D eigenvalue weighted by atomic mass is 32.1. The van der Waals surface area contributed by atoms with Crippen molar-refractivity contribution in [2.45, 2.75) is 0 Å². The molecule has 2 amide bonds. The van der Waals surface area contributed by atoms with E-state index in [0.29, 0.717) is 5.69 Å². The van der Waals surface area contributed by atoms with E-state index in [9.17, 15) is 9.59 Å². The molecule has 0 saturated carbocycles. The lowest BCUT2D eigenvalue weighted by atomic mass is 10.2. The quantitative estimate of drug-likeness (QED) is 0.608. The number of imidazole rings is 1. The van der Waals surface area contributed by atoms with Gasteiger partial charge in [0.2, 0.25) is 0 Å². The van der Waals surface area contributed by atoms with Crippen LogP contribution in [0.1, 0.15) is 0 Å². The predicted octanol–water partition coefficient (Wildman–Crippen LogP) is 1.95. The van der Waals surface area contributed by atoms with Gasteiger partial charge in [0.05, 0.1) is 29.1 Å². The third-order valence-corrected chi connectivity index (χ3v) is 4.73. The lowest BCUT2D eigenvalue weighted by Crippen LogP contribution is -2.34. The highest BCUT2D eigenvalue weighted by Gasteiger charge is 2.30. The van der Waals surface area contributed by atoms with Gasteiger partial charge in [-0.3, -0.25) is 14.5 Å². The summed E-state index contributed by atoms with van der Waals surface area (Å²) in [6.45, 7) is -0.271. The Balaban J connectivity index is 1.59. The fourth-order valence-corrected chi connectivity index (χ4v) is 3.35. The highest BCUT2D eigenvalue weighted by Crippen LogP contribution is 2.26. The number of aliphatic hydroxyl groups excluding tert-OH is 1. The van der Waals surface area contributed by atoms with Crippen LogP contribution in [0.25, 0.3) is 21.7 Å². The van der Waals surface area contributed by atoms with Gasteiger partial charge >= 0.3 is 0 Å². The van der Waals surface area contributed by atoms with Crippen molar-refractivity contribution in [2.75, 3.05) is 18.5 Å². The number of H-pyrrole nitrogens is 1. The number of aromatic amines is 1. The van der Waals surface area contributed by atoms with Crippen molar-refractivity contribution >= 4 is 39.9 Å². The number of anilines is 1. The lowest BCUT2D eigenvalue weighted by Gasteiger charge is -2.13. The van der Waals surface area contributed by atoms with Crippen LogP contribution >= 0.6 is 11.3 Å². The van der Waals surface area contributed by atoms with Crippen molar-refractivity contribution < 1.29 is 14.7 Å². The Morgan fingerprint density at radius 3 is 2.92 bits per heavy atom. The minimum Gasteiger partial charge on any atom is -0.395 e. The molecular weight excluding hydrogens is 340 g/mol. The van der Waals surface area contributed by atoms with Gasteiger partial charge in [-0.25, -0.2) is 4.98 Å². The number of carbonyl (C=O) groups excluding carboxylic acids is 2. The number of β-amino-alcohol motifs (C(OH)–C–C–N with tert-alkyl or cyclic N) is 1. The summed E-state index contributed by atoms with van der Waals surface area (Å²) in [6, 6.07) is 9.44. The molecule has 0 spiro atoms. The molecule has 3 N–H and O–H groups in total. The Morgan fingerprint density at radius 2 is 2.16 bits per heavy atom. The van der Waals surface area contributed by atoms with Crippen molar-refractivity contribution in [1.82, 2.24) is 14.9 Å². The topological polar surface area (TPSA) is 98.3 Å². The van der Waals surface area contributed by atoms with Crippen LogP contribution in [0, 0.1) is 0 Å². The molecule has 0 atom stereocenters. The number of nitrogens with one attached hydrogen (secondary N) is 2. The summed E-state index contributed by atoms with van der Waals surface area (Å²) in [6.07, 6.45) is 1.24. The van der Waals surface area contributed by atoms with E-state index in [1.165, 1.54) is 6.08 Å². The first-order valence-electron chi connectivity index (χ1n) is 7.65. The molecule has 0 fully saturated rings. The zero-order valence-corrected chi connectivity index (χ0v) is 13.8.